The van der Waals surface area contributed by atoms with Crippen LogP contribution in [0.5, 0.6) is 0 Å². The number of carboxylic acid groups (broad SMARTS) is 1. The highest BCUT2D eigenvalue weighted by Gasteiger charge is 2.35. The van der Waals surface area contributed by atoms with E-state index >= 15 is 0 Å². The lowest BCUT2D eigenvalue weighted by atomic mass is 10.1. The molecule has 194 valence electrons. The van der Waals surface area contributed by atoms with E-state index in [4.69, 9.17) is 0 Å². The van der Waals surface area contributed by atoms with Gasteiger partial charge in [0.1, 0.15) is 0 Å². The fourth-order valence-electron chi connectivity index (χ4n) is 4.55. The van der Waals surface area contributed by atoms with Crippen LogP contribution in [0.4, 0.5) is 22.7 Å². The number of hydrazone groups is 1. The molecule has 7 heteroatoms. The van der Waals surface area contributed by atoms with E-state index in [2.05, 4.69) is 58.5 Å². The lowest BCUT2D eigenvalue weighted by Crippen LogP contribution is -2.22. The van der Waals surface area contributed by atoms with Crippen LogP contribution < -0.4 is 9.91 Å². The van der Waals surface area contributed by atoms with Crippen molar-refractivity contribution >= 4 is 57.8 Å². The summed E-state index contributed by atoms with van der Waals surface area (Å²) in [4.78, 5) is 29.0. The number of anilines is 4. The number of aliphatic carboxylic acids is 1. The normalized spacial score (nSPS) is 13.9. The van der Waals surface area contributed by atoms with Crippen LogP contribution in [0.1, 0.15) is 4.88 Å². The molecule has 1 aliphatic rings. The molecule has 5 aromatic rings. The van der Waals surface area contributed by atoms with E-state index < -0.39 is 11.9 Å². The summed E-state index contributed by atoms with van der Waals surface area (Å²) >= 11 is 1.48. The van der Waals surface area contributed by atoms with Gasteiger partial charge in [-0.05, 0) is 72.3 Å². The summed E-state index contributed by atoms with van der Waals surface area (Å²) in [7, 11) is 0. The highest BCUT2D eigenvalue weighted by molar-refractivity contribution is 7.16. The van der Waals surface area contributed by atoms with Gasteiger partial charge >= 0.3 is 5.97 Å². The quantitative estimate of drug-likeness (QED) is 0.214. The Morgan fingerprint density at radius 1 is 0.725 bits per heavy atom. The van der Waals surface area contributed by atoms with Gasteiger partial charge in [0.2, 0.25) is 0 Å². The van der Waals surface area contributed by atoms with E-state index in [-0.39, 0.29) is 11.3 Å². The van der Waals surface area contributed by atoms with Crippen molar-refractivity contribution < 1.29 is 14.7 Å². The molecule has 0 saturated heterocycles. The summed E-state index contributed by atoms with van der Waals surface area (Å²) in [6.07, 6.45) is 1.60. The number of hydrogen-bond acceptors (Lipinski definition) is 5. The number of thiophene rings is 1. The molecule has 2 heterocycles. The molecule has 6 rings (SSSR count). The molecule has 1 N–H and O–H groups in total. The average molecular weight is 542 g/mol. The molecule has 1 aromatic heterocycles. The number of para-hydroxylation sites is 3. The van der Waals surface area contributed by atoms with Gasteiger partial charge in [0, 0.05) is 26.8 Å². The summed E-state index contributed by atoms with van der Waals surface area (Å²) in [6.45, 7) is 0. The van der Waals surface area contributed by atoms with Crippen molar-refractivity contribution in [3.63, 3.8) is 0 Å². The molecule has 0 fully saturated rings. The highest BCUT2D eigenvalue weighted by atomic mass is 32.1. The van der Waals surface area contributed by atoms with Crippen LogP contribution >= 0.6 is 11.3 Å². The topological polar surface area (TPSA) is 73.2 Å². The Kier molecular flexibility index (Phi) is 6.78. The van der Waals surface area contributed by atoms with E-state index in [9.17, 15) is 14.7 Å². The third-order valence-corrected chi connectivity index (χ3v) is 7.51. The summed E-state index contributed by atoms with van der Waals surface area (Å²) in [5, 5.41) is 14.9. The predicted molar refractivity (Wildman–Crippen MR) is 161 cm³/mol. The van der Waals surface area contributed by atoms with Gasteiger partial charge in [-0.15, -0.1) is 11.3 Å². The first-order valence-corrected chi connectivity index (χ1v) is 13.4. The highest BCUT2D eigenvalue weighted by Crippen LogP contribution is 2.37. The van der Waals surface area contributed by atoms with Crippen molar-refractivity contribution in [2.45, 2.75) is 0 Å². The average Bonchev–Trinajstić information content (AvgIpc) is 3.60. The number of rotatable bonds is 7. The number of nitrogens with zero attached hydrogens (tertiary/aromatic N) is 3. The maximum atomic E-state index is 13.1. The van der Waals surface area contributed by atoms with Crippen LogP contribution in [-0.2, 0) is 9.59 Å². The van der Waals surface area contributed by atoms with E-state index in [1.807, 2.05) is 54.6 Å². The number of carboxylic acids is 1. The van der Waals surface area contributed by atoms with Gasteiger partial charge in [0.05, 0.1) is 11.3 Å². The maximum absolute atomic E-state index is 13.1. The smallest absolute Gasteiger partial charge is 0.357 e. The fraction of sp³-hybridized carbons (Fsp3) is 0. The van der Waals surface area contributed by atoms with Crippen molar-refractivity contribution in [2.75, 3.05) is 9.91 Å². The zero-order chi connectivity index (χ0) is 27.5. The van der Waals surface area contributed by atoms with Gasteiger partial charge in [-0.1, -0.05) is 66.7 Å². The van der Waals surface area contributed by atoms with Crippen LogP contribution in [0.15, 0.2) is 138 Å². The maximum Gasteiger partial charge on any atom is 0.357 e. The van der Waals surface area contributed by atoms with Crippen molar-refractivity contribution in [3.05, 3.63) is 138 Å². The monoisotopic (exact) mass is 541 g/mol. The van der Waals surface area contributed by atoms with Crippen molar-refractivity contribution in [1.82, 2.24) is 0 Å². The molecule has 6 nitrogen and oxygen atoms in total. The second-order valence-electron chi connectivity index (χ2n) is 9.02. The number of amides is 1. The zero-order valence-electron chi connectivity index (χ0n) is 21.2. The molecule has 1 amide bonds. The molecule has 0 radical (unpaired) electrons. The minimum atomic E-state index is -1.24. The van der Waals surface area contributed by atoms with E-state index in [1.54, 1.807) is 30.3 Å². The fourth-order valence-corrected chi connectivity index (χ4v) is 5.51. The van der Waals surface area contributed by atoms with Crippen molar-refractivity contribution in [2.24, 2.45) is 5.10 Å². The second kappa shape index (κ2) is 10.8. The van der Waals surface area contributed by atoms with Gasteiger partial charge in [0.25, 0.3) is 5.91 Å². The predicted octanol–water partition coefficient (Wildman–Crippen LogP) is 7.76. The number of carbonyl (C=O) groups is 2. The van der Waals surface area contributed by atoms with E-state index in [1.165, 1.54) is 11.3 Å². The molecule has 0 aliphatic carbocycles. The number of carbonyl (C=O) groups excluding carboxylic acids is 1. The molecule has 0 bridgehead atoms. The van der Waals surface area contributed by atoms with Gasteiger partial charge < -0.3 is 10.0 Å². The van der Waals surface area contributed by atoms with Gasteiger partial charge in [-0.2, -0.15) is 10.1 Å². The summed E-state index contributed by atoms with van der Waals surface area (Å²) < 4.78 is 0. The number of benzene rings is 4. The Morgan fingerprint density at radius 3 is 1.85 bits per heavy atom. The molecule has 0 saturated carbocycles. The van der Waals surface area contributed by atoms with Crippen molar-refractivity contribution in [3.8, 4) is 10.4 Å². The Balaban J connectivity index is 1.28. The minimum absolute atomic E-state index is 0.0569. The minimum Gasteiger partial charge on any atom is -0.476 e. The molecule has 0 unspecified atom stereocenters. The zero-order valence-corrected chi connectivity index (χ0v) is 22.0. The lowest BCUT2D eigenvalue weighted by Gasteiger charge is -2.25. The first kappa shape index (κ1) is 25.0. The van der Waals surface area contributed by atoms with Crippen LogP contribution in [0.25, 0.3) is 16.5 Å². The van der Waals surface area contributed by atoms with Crippen LogP contribution in [0, 0.1) is 0 Å². The largest absolute Gasteiger partial charge is 0.476 e. The Morgan fingerprint density at radius 2 is 1.27 bits per heavy atom. The number of hydrogen-bond donors (Lipinski definition) is 1. The van der Waals surface area contributed by atoms with Crippen LogP contribution in [-0.4, -0.2) is 22.7 Å². The SMILES string of the molecule is O=C(O)C1=NN(c2ccccc2)C(=O)/C1=C\c1ccc(-c2ccc(N(c3ccccc3)c3ccccc3)cc2)s1. The van der Waals surface area contributed by atoms with Crippen molar-refractivity contribution in [1.29, 1.82) is 0 Å². The Labute approximate surface area is 235 Å². The third-order valence-electron chi connectivity index (χ3n) is 6.43. The molecule has 40 heavy (non-hydrogen) atoms. The van der Waals surface area contributed by atoms with Gasteiger partial charge in [-0.3, -0.25) is 4.79 Å². The molecule has 0 atom stereocenters. The first-order chi connectivity index (χ1) is 19.6. The molecule has 4 aromatic carbocycles. The first-order valence-electron chi connectivity index (χ1n) is 12.6. The second-order valence-corrected chi connectivity index (χ2v) is 10.1. The summed E-state index contributed by atoms with van der Waals surface area (Å²) in [5.41, 5.74) is 4.48. The molecular formula is C33H23N3O3S. The molecular weight excluding hydrogens is 518 g/mol. The van der Waals surface area contributed by atoms with E-state index in [0.717, 1.165) is 37.4 Å². The molecule has 1 aliphatic heterocycles. The van der Waals surface area contributed by atoms with Gasteiger partial charge in [0.15, 0.2) is 5.71 Å². The summed E-state index contributed by atoms with van der Waals surface area (Å²) in [5.74, 6) is -1.71. The standard InChI is InChI=1S/C33H23N3O3S/c37-32-29(31(33(38)39)34-36(32)27-14-8-3-9-15-27)22-28-20-21-30(40-28)23-16-18-26(19-17-23)35(24-10-4-1-5-11-24)25-12-6-2-7-13-25/h1-22H,(H,38,39)/b29-22-. The third kappa shape index (κ3) is 4.93. The summed E-state index contributed by atoms with van der Waals surface area (Å²) in [6, 6.07) is 41.4. The van der Waals surface area contributed by atoms with Gasteiger partial charge in [-0.25, -0.2) is 4.79 Å². The lowest BCUT2D eigenvalue weighted by molar-refractivity contribution is -0.129. The van der Waals surface area contributed by atoms with E-state index in [0.29, 0.717) is 5.69 Å². The Bertz CT molecular complexity index is 1690. The Hall–Kier alpha value is -5.27. The van der Waals surface area contributed by atoms with Crippen LogP contribution in [0.2, 0.25) is 0 Å². The van der Waals surface area contributed by atoms with Crippen LogP contribution in [0.3, 0.4) is 0 Å². The molecule has 0 spiro atoms.